The van der Waals surface area contributed by atoms with Crippen LogP contribution in [0.3, 0.4) is 0 Å². The Balaban J connectivity index is 1.79. The molecule has 126 valence electrons. The highest BCUT2D eigenvalue weighted by Crippen LogP contribution is 2.58. The van der Waals surface area contributed by atoms with Crippen molar-refractivity contribution in [3.05, 3.63) is 0 Å². The van der Waals surface area contributed by atoms with Gasteiger partial charge >= 0.3 is 5.97 Å². The molecule has 2 saturated heterocycles. The number of hydrogen-bond donors (Lipinski definition) is 4. The van der Waals surface area contributed by atoms with Gasteiger partial charge in [0.1, 0.15) is 11.8 Å². The summed E-state index contributed by atoms with van der Waals surface area (Å²) in [4.78, 5) is 12.7. The van der Waals surface area contributed by atoms with Crippen LogP contribution in [-0.4, -0.2) is 48.7 Å². The largest absolute Gasteiger partial charge is 0.460 e. The van der Waals surface area contributed by atoms with Gasteiger partial charge in [0.2, 0.25) is 0 Å². The molecular formula is C15H25IN2O4. The smallest absolute Gasteiger partial charge is 0.325 e. The first-order valence-corrected chi connectivity index (χ1v) is 8.78. The number of halogens is 1. The van der Waals surface area contributed by atoms with Crippen molar-refractivity contribution in [1.29, 1.82) is 0 Å². The number of rotatable bonds is 5. The molecule has 0 aromatic rings. The highest BCUT2D eigenvalue weighted by atomic mass is 127. The van der Waals surface area contributed by atoms with Crippen molar-refractivity contribution < 1.29 is 19.7 Å². The van der Waals surface area contributed by atoms with E-state index < -0.39 is 26.1 Å². The lowest BCUT2D eigenvalue weighted by atomic mass is 9.50. The lowest BCUT2D eigenvalue weighted by Gasteiger charge is -2.61. The third-order valence-electron chi connectivity index (χ3n) is 5.92. The lowest BCUT2D eigenvalue weighted by Crippen LogP contribution is -2.69. The predicted octanol–water partition coefficient (Wildman–Crippen LogP) is 0.643. The Labute approximate surface area is 144 Å². The number of carbonyl (C=O) groups excluding carboxylic acids is 1. The normalized spacial score (nSPS) is 38.4. The maximum atomic E-state index is 12.7. The molecule has 2 aliphatic heterocycles. The molecule has 2 heterocycles. The number of esters is 1. The average molecular weight is 424 g/mol. The number of alkyl halides is 1. The first-order chi connectivity index (χ1) is 9.80. The minimum Gasteiger partial charge on any atom is -0.460 e. The summed E-state index contributed by atoms with van der Waals surface area (Å²) in [6.07, 6.45) is 1.00. The van der Waals surface area contributed by atoms with Gasteiger partial charge in [-0.1, -0.05) is 22.6 Å². The van der Waals surface area contributed by atoms with Crippen molar-refractivity contribution in [1.82, 2.24) is 10.6 Å². The Bertz CT molecular complexity index is 501. The van der Waals surface area contributed by atoms with Gasteiger partial charge in [-0.15, -0.1) is 0 Å². The Hall–Kier alpha value is 0.0400. The highest BCUT2D eigenvalue weighted by molar-refractivity contribution is 14.1. The quantitative estimate of drug-likeness (QED) is 0.223. The number of fused-ring (bicyclic) bond motifs is 1. The van der Waals surface area contributed by atoms with E-state index in [2.05, 4.69) is 33.2 Å². The van der Waals surface area contributed by atoms with E-state index in [9.17, 15) is 15.0 Å². The Kier molecular flexibility index (Phi) is 3.34. The fourth-order valence-corrected chi connectivity index (χ4v) is 4.92. The van der Waals surface area contributed by atoms with Crippen LogP contribution < -0.4 is 10.6 Å². The van der Waals surface area contributed by atoms with E-state index in [0.717, 1.165) is 0 Å². The van der Waals surface area contributed by atoms with E-state index in [1.165, 1.54) is 0 Å². The van der Waals surface area contributed by atoms with Crippen LogP contribution in [0.5, 0.6) is 0 Å². The molecule has 2 unspecified atom stereocenters. The molecule has 0 amide bonds. The second-order valence-electron chi connectivity index (χ2n) is 8.05. The summed E-state index contributed by atoms with van der Waals surface area (Å²) in [6, 6.07) is 0. The molecule has 7 heteroatoms. The molecule has 3 aliphatic rings. The number of hydrogen-bond acceptors (Lipinski definition) is 6. The summed E-state index contributed by atoms with van der Waals surface area (Å²) in [5.41, 5.74) is -3.48. The van der Waals surface area contributed by atoms with Gasteiger partial charge in [0, 0.05) is 0 Å². The van der Waals surface area contributed by atoms with E-state index in [-0.39, 0.29) is 17.8 Å². The fourth-order valence-electron chi connectivity index (χ4n) is 4.17. The van der Waals surface area contributed by atoms with E-state index in [1.807, 2.05) is 6.92 Å². The van der Waals surface area contributed by atoms with Crippen molar-refractivity contribution in [3.8, 4) is 0 Å². The first-order valence-electron chi connectivity index (χ1n) is 7.70. The maximum Gasteiger partial charge on any atom is 0.325 e. The van der Waals surface area contributed by atoms with Gasteiger partial charge in [0.15, 0.2) is 3.42 Å². The molecule has 3 fully saturated rings. The molecule has 0 aromatic heterocycles. The van der Waals surface area contributed by atoms with Gasteiger partial charge in [-0.3, -0.25) is 15.4 Å². The number of aliphatic hydroxyl groups is 2. The third kappa shape index (κ3) is 1.95. The molecule has 1 saturated carbocycles. The molecule has 4 N–H and O–H groups in total. The monoisotopic (exact) mass is 424 g/mol. The van der Waals surface area contributed by atoms with Crippen LogP contribution in [-0.2, 0) is 9.53 Å². The van der Waals surface area contributed by atoms with Crippen molar-refractivity contribution in [2.24, 2.45) is 5.41 Å². The Morgan fingerprint density at radius 3 is 1.91 bits per heavy atom. The van der Waals surface area contributed by atoms with E-state index in [4.69, 9.17) is 4.74 Å². The molecule has 22 heavy (non-hydrogen) atoms. The second-order valence-corrected chi connectivity index (χ2v) is 10.2. The molecule has 0 spiro atoms. The van der Waals surface area contributed by atoms with Gasteiger partial charge in [-0.05, 0) is 47.5 Å². The Morgan fingerprint density at radius 1 is 1.18 bits per heavy atom. The van der Waals surface area contributed by atoms with Crippen molar-refractivity contribution in [3.63, 3.8) is 0 Å². The summed E-state index contributed by atoms with van der Waals surface area (Å²) < 4.78 is 5.05. The standard InChI is InChI=1S/C15H25IN2O4/c1-11(2,20)14(12(3,4)21)7-6-8(14)22-10(19)13(5,16)15-9(17-15)18-15/h8-9,17-18,20-21H,6-7H2,1-5H3. The molecule has 0 aromatic carbocycles. The van der Waals surface area contributed by atoms with Crippen LogP contribution in [0.25, 0.3) is 0 Å². The van der Waals surface area contributed by atoms with E-state index in [0.29, 0.717) is 12.8 Å². The van der Waals surface area contributed by atoms with E-state index in [1.54, 1.807) is 27.7 Å². The zero-order valence-corrected chi connectivity index (χ0v) is 15.8. The van der Waals surface area contributed by atoms with Crippen molar-refractivity contribution in [2.45, 2.75) is 80.0 Å². The number of carbonyl (C=O) groups is 1. The highest BCUT2D eigenvalue weighted by Gasteiger charge is 2.81. The molecule has 0 radical (unpaired) electrons. The molecule has 2 atom stereocenters. The minimum atomic E-state index is -1.15. The van der Waals surface area contributed by atoms with Crippen molar-refractivity contribution in [2.75, 3.05) is 0 Å². The van der Waals surface area contributed by atoms with Gasteiger partial charge < -0.3 is 14.9 Å². The summed E-state index contributed by atoms with van der Waals surface area (Å²) in [6.45, 7) is 8.54. The molecule has 1 aliphatic carbocycles. The Morgan fingerprint density at radius 2 is 1.64 bits per heavy atom. The lowest BCUT2D eigenvalue weighted by molar-refractivity contribution is -0.268. The number of nitrogens with one attached hydrogen (secondary N) is 2. The molecule has 3 rings (SSSR count). The summed E-state index contributed by atoms with van der Waals surface area (Å²) >= 11 is 2.12. The molecular weight excluding hydrogens is 399 g/mol. The zero-order chi connectivity index (χ0) is 16.8. The zero-order valence-electron chi connectivity index (χ0n) is 13.7. The molecule has 6 nitrogen and oxygen atoms in total. The van der Waals surface area contributed by atoms with Crippen LogP contribution in [0.4, 0.5) is 0 Å². The fraction of sp³-hybridized carbons (Fsp3) is 0.933. The predicted molar refractivity (Wildman–Crippen MR) is 89.4 cm³/mol. The summed E-state index contributed by atoms with van der Waals surface area (Å²) in [7, 11) is 0. The topological polar surface area (TPSA) is 111 Å². The van der Waals surface area contributed by atoms with Gasteiger partial charge in [0.25, 0.3) is 0 Å². The van der Waals surface area contributed by atoms with Crippen LogP contribution in [0.1, 0.15) is 47.5 Å². The van der Waals surface area contributed by atoms with E-state index >= 15 is 0 Å². The van der Waals surface area contributed by atoms with Crippen LogP contribution in [0, 0.1) is 5.41 Å². The first kappa shape index (κ1) is 16.9. The summed E-state index contributed by atoms with van der Waals surface area (Å²) in [5.74, 6) is -0.310. The van der Waals surface area contributed by atoms with Gasteiger partial charge in [-0.2, -0.15) is 0 Å². The SMILES string of the molecule is CC(C)(O)C1(C(C)(C)O)CCC1OC(=O)C(C)(I)C12NC1N2. The maximum absolute atomic E-state index is 12.7. The molecule has 0 bridgehead atoms. The van der Waals surface area contributed by atoms with Crippen LogP contribution in [0.2, 0.25) is 0 Å². The van der Waals surface area contributed by atoms with Gasteiger partial charge in [0.05, 0.1) is 22.8 Å². The van der Waals surface area contributed by atoms with Crippen LogP contribution in [0.15, 0.2) is 0 Å². The third-order valence-corrected chi connectivity index (χ3v) is 7.21. The summed E-state index contributed by atoms with van der Waals surface area (Å²) in [5, 5.41) is 27.6. The van der Waals surface area contributed by atoms with Gasteiger partial charge in [-0.25, -0.2) is 0 Å². The van der Waals surface area contributed by atoms with Crippen LogP contribution >= 0.6 is 22.6 Å². The second kappa shape index (κ2) is 4.36. The number of ether oxygens (including phenoxy) is 1. The minimum absolute atomic E-state index is 0.205. The average Bonchev–Trinajstić information content (AvgIpc) is 3.06. The van der Waals surface area contributed by atoms with Crippen molar-refractivity contribution >= 4 is 28.6 Å².